The summed E-state index contributed by atoms with van der Waals surface area (Å²) in [5.41, 5.74) is 3.50. The molecule has 500 valence electrons. The molecule has 9 amide bonds. The number of hydrogen-bond acceptors (Lipinski definition) is 12. The number of carbonyl (C=O) groups excluding carboxylic acids is 9. The summed E-state index contributed by atoms with van der Waals surface area (Å²) in [5.74, 6) is 7.60. The van der Waals surface area contributed by atoms with Crippen LogP contribution in [0.15, 0.2) is 121 Å². The van der Waals surface area contributed by atoms with Crippen LogP contribution in [0.4, 0.5) is 0 Å². The van der Waals surface area contributed by atoms with E-state index in [1.54, 1.807) is 54.2 Å². The molecule has 0 spiro atoms. The minimum Gasteiger partial charge on any atom is -0.356 e. The molecular formula is C73H94N12O9. The normalized spacial score (nSPS) is 21.6. The van der Waals surface area contributed by atoms with Crippen LogP contribution in [0.2, 0.25) is 0 Å². The van der Waals surface area contributed by atoms with Crippen molar-refractivity contribution in [2.24, 2.45) is 11.8 Å². The lowest BCUT2D eigenvalue weighted by Crippen LogP contribution is -2.59. The maximum Gasteiger partial charge on any atom is 0.247 e. The summed E-state index contributed by atoms with van der Waals surface area (Å²) in [6.07, 6.45) is 6.83. The summed E-state index contributed by atoms with van der Waals surface area (Å²) in [6, 6.07) is 31.8. The molecule has 21 heteroatoms. The number of benzene rings is 4. The van der Waals surface area contributed by atoms with Gasteiger partial charge in [0.2, 0.25) is 53.2 Å². The van der Waals surface area contributed by atoms with Gasteiger partial charge >= 0.3 is 0 Å². The molecule has 4 aliphatic heterocycles. The van der Waals surface area contributed by atoms with Crippen molar-refractivity contribution in [3.63, 3.8) is 0 Å². The Bertz CT molecular complexity index is 3270. The number of nitrogens with zero attached hydrogens (tertiary/aromatic N) is 2. The van der Waals surface area contributed by atoms with Crippen LogP contribution in [0, 0.1) is 35.5 Å². The van der Waals surface area contributed by atoms with Gasteiger partial charge in [-0.2, -0.15) is 0 Å². The zero-order valence-corrected chi connectivity index (χ0v) is 54.7. The van der Waals surface area contributed by atoms with E-state index in [4.69, 9.17) is 0 Å². The quantitative estimate of drug-likeness (QED) is 0.0258. The van der Waals surface area contributed by atoms with E-state index in [1.165, 1.54) is 0 Å². The first kappa shape index (κ1) is 71.0. The third kappa shape index (κ3) is 19.6. The van der Waals surface area contributed by atoms with Crippen molar-refractivity contribution in [1.29, 1.82) is 0 Å². The number of fused-ring (bicyclic) bond motifs is 2. The van der Waals surface area contributed by atoms with Crippen LogP contribution in [0.25, 0.3) is 0 Å². The summed E-state index contributed by atoms with van der Waals surface area (Å²) in [5, 5.41) is 30.4. The van der Waals surface area contributed by atoms with Crippen LogP contribution < -0.4 is 53.2 Å². The van der Waals surface area contributed by atoms with Crippen molar-refractivity contribution in [1.82, 2.24) is 63.0 Å². The monoisotopic (exact) mass is 1280 g/mol. The van der Waals surface area contributed by atoms with Crippen molar-refractivity contribution < 1.29 is 43.2 Å². The molecule has 21 nitrogen and oxygen atoms in total. The maximum atomic E-state index is 14.8. The minimum absolute atomic E-state index is 0.0661. The maximum absolute atomic E-state index is 14.8. The summed E-state index contributed by atoms with van der Waals surface area (Å²) in [7, 11) is 3.40. The van der Waals surface area contributed by atoms with Crippen LogP contribution in [-0.4, -0.2) is 152 Å². The number of likely N-dealkylation sites (N-methyl/N-ethyl adjacent to an activating group) is 2. The van der Waals surface area contributed by atoms with Crippen molar-refractivity contribution in [2.75, 3.05) is 40.3 Å². The molecule has 4 aliphatic rings. The lowest BCUT2D eigenvalue weighted by molar-refractivity contribution is -0.144. The van der Waals surface area contributed by atoms with Gasteiger partial charge in [0.1, 0.15) is 30.2 Å². The molecule has 0 saturated carbocycles. The molecule has 0 unspecified atom stereocenters. The van der Waals surface area contributed by atoms with Crippen LogP contribution in [0.1, 0.15) is 144 Å². The highest BCUT2D eigenvalue weighted by atomic mass is 16.2. The van der Waals surface area contributed by atoms with Gasteiger partial charge in [-0.15, -0.1) is 0 Å². The molecule has 4 fully saturated rings. The number of amides is 9. The van der Waals surface area contributed by atoms with Gasteiger partial charge in [-0.05, 0) is 131 Å². The molecule has 0 aromatic heterocycles. The fraction of sp³-hybridized carbons (Fsp3) is 0.493. The first-order chi connectivity index (χ1) is 45.7. The van der Waals surface area contributed by atoms with Gasteiger partial charge in [-0.25, -0.2) is 0 Å². The average Bonchev–Trinajstić information content (AvgIpc) is 1.63. The first-order valence-corrected chi connectivity index (χ1v) is 33.6. The molecule has 4 aromatic carbocycles. The Labute approximate surface area is 553 Å². The highest BCUT2D eigenvalue weighted by Crippen LogP contribution is 2.37. The molecule has 4 saturated heterocycles. The van der Waals surface area contributed by atoms with E-state index in [0.29, 0.717) is 89.3 Å². The van der Waals surface area contributed by atoms with E-state index < -0.39 is 66.1 Å². The van der Waals surface area contributed by atoms with Gasteiger partial charge in [0.25, 0.3) is 0 Å². The SMILES string of the molecule is CC[C@H](NC)C(=O)N[C@@H]1C(=O)N2[C@@H](CC[C@@H]1CNC(=O)CCC#CC#CCCC(=O)NCCNC(=O)[C@@H](NC(=O)[C@@H]1CC[C@@H]3CC[C@H](CCNCc4ccccc4)[C@H](NC(=O)[C@H](CC)NC)C(=O)N31)c1ccccc1)CC[C@H]2C(=O)NC(c1ccccc1)c1ccccc1. The summed E-state index contributed by atoms with van der Waals surface area (Å²) in [6.45, 7) is 5.38. The Hall–Kier alpha value is -8.89. The van der Waals surface area contributed by atoms with Crippen LogP contribution in [0.5, 0.6) is 0 Å². The molecule has 0 bridgehead atoms. The topological polar surface area (TPSA) is 280 Å². The van der Waals surface area contributed by atoms with Gasteiger partial charge in [-0.1, -0.05) is 147 Å². The minimum atomic E-state index is -1.10. The van der Waals surface area contributed by atoms with Gasteiger partial charge < -0.3 is 63.0 Å². The van der Waals surface area contributed by atoms with E-state index in [1.807, 2.05) is 105 Å². The molecule has 0 radical (unpaired) electrons. The van der Waals surface area contributed by atoms with Gasteiger partial charge in [0.15, 0.2) is 0 Å². The molecule has 11 atom stereocenters. The fourth-order valence-electron chi connectivity index (χ4n) is 13.5. The van der Waals surface area contributed by atoms with Gasteiger partial charge in [0.05, 0.1) is 18.1 Å². The smallest absolute Gasteiger partial charge is 0.247 e. The van der Waals surface area contributed by atoms with Crippen molar-refractivity contribution in [2.45, 2.75) is 177 Å². The Kier molecular flexibility index (Phi) is 27.6. The lowest BCUT2D eigenvalue weighted by Gasteiger charge is -2.33. The van der Waals surface area contributed by atoms with E-state index >= 15 is 0 Å². The number of nitrogens with one attached hydrogen (secondary N) is 10. The standard InChI is InChI=1S/C73H94N12O9/c1-5-57(74-3)67(88)82-65-53(43-44-76-47-49-25-15-11-16-26-49)35-37-55-39-42-60(84(55)72(65)93)70(91)81-64(52-31-21-14-22-32-52)71(92)78-46-45-77-61(86)33-23-9-7-8-10-24-34-62(87)79-48-54-36-38-56-40-41-59(85(56)73(94)66(54)83-68(89)58(6-2)75-4)69(90)80-63(50-27-17-12-18-28-50)51-29-19-13-20-30-51/h11-22,25-32,53-60,63-66,74-76H,5-6,23-24,33-48H2,1-4H3,(H,77,86)(H,78,92)(H,79,87)(H,80,90)(H,81,91)(H,82,88)(H,83,89)/t53-,54-,55+,56+,57+,58+,59+,60+,64+,65+,66+/m1/s1. The van der Waals surface area contributed by atoms with E-state index in [0.717, 1.165) is 16.7 Å². The number of carbonyl (C=O) groups is 9. The highest BCUT2D eigenvalue weighted by molar-refractivity contribution is 5.97. The summed E-state index contributed by atoms with van der Waals surface area (Å²) in [4.78, 5) is 129. The third-order valence-electron chi connectivity index (χ3n) is 18.7. The molecule has 4 heterocycles. The van der Waals surface area contributed by atoms with Crippen LogP contribution >= 0.6 is 0 Å². The van der Waals surface area contributed by atoms with E-state index in [2.05, 4.69) is 76.8 Å². The largest absolute Gasteiger partial charge is 0.356 e. The summed E-state index contributed by atoms with van der Waals surface area (Å²) >= 11 is 0. The zero-order chi connectivity index (χ0) is 66.8. The second-order valence-electron chi connectivity index (χ2n) is 24.7. The second kappa shape index (κ2) is 36.5. The molecule has 94 heavy (non-hydrogen) atoms. The van der Waals surface area contributed by atoms with Crippen LogP contribution in [0.3, 0.4) is 0 Å². The Morgan fingerprint density at radius 3 is 1.46 bits per heavy atom. The average molecular weight is 1280 g/mol. The molecular weight excluding hydrogens is 1190 g/mol. The van der Waals surface area contributed by atoms with E-state index in [9.17, 15) is 43.2 Å². The predicted molar refractivity (Wildman–Crippen MR) is 359 cm³/mol. The fourth-order valence-corrected chi connectivity index (χ4v) is 13.5. The van der Waals surface area contributed by atoms with Crippen LogP contribution in [-0.2, 0) is 49.7 Å². The molecule has 4 aromatic rings. The van der Waals surface area contributed by atoms with Gasteiger partial charge in [0, 0.05) is 69.9 Å². The Balaban J connectivity index is 0.778. The Morgan fingerprint density at radius 2 is 0.947 bits per heavy atom. The third-order valence-corrected chi connectivity index (χ3v) is 18.7. The Morgan fingerprint density at radius 1 is 0.500 bits per heavy atom. The second-order valence-corrected chi connectivity index (χ2v) is 24.7. The van der Waals surface area contributed by atoms with E-state index in [-0.39, 0.29) is 105 Å². The predicted octanol–water partition coefficient (Wildman–Crippen LogP) is 4.35. The molecule has 10 N–H and O–H groups in total. The van der Waals surface area contributed by atoms with Crippen molar-refractivity contribution in [3.8, 4) is 23.7 Å². The van der Waals surface area contributed by atoms with Crippen molar-refractivity contribution in [3.05, 3.63) is 144 Å². The highest BCUT2D eigenvalue weighted by Gasteiger charge is 2.50. The number of rotatable bonds is 30. The summed E-state index contributed by atoms with van der Waals surface area (Å²) < 4.78 is 0. The van der Waals surface area contributed by atoms with Gasteiger partial charge in [-0.3, -0.25) is 43.2 Å². The lowest BCUT2D eigenvalue weighted by atomic mass is 9.90. The number of hydrogen-bond donors (Lipinski definition) is 10. The molecule has 8 rings (SSSR count). The molecule has 0 aliphatic carbocycles. The zero-order valence-electron chi connectivity index (χ0n) is 54.7. The first-order valence-electron chi connectivity index (χ1n) is 33.6. The van der Waals surface area contributed by atoms with Crippen molar-refractivity contribution >= 4 is 53.2 Å².